The standard InChI is InChI=1S/C26H25N2O2PS3/c1-5-25(29)27(3)20-12-16-23(17-13-20)33-31(32,22-10-8-7-9-11-22)34-24-18-14-21(15-19-24)28(4)26(30)6-2/h5-19H,1-2H2,3-4H3. The maximum atomic E-state index is 11.9. The molecule has 8 heteroatoms. The fraction of sp³-hybridized carbons (Fsp3) is 0.0769. The third-order valence-electron chi connectivity index (χ3n) is 4.98. The molecule has 0 saturated carbocycles. The van der Waals surface area contributed by atoms with Crippen molar-refractivity contribution in [1.82, 2.24) is 0 Å². The Bertz CT molecular complexity index is 1150. The maximum absolute atomic E-state index is 11.9. The molecule has 0 aliphatic rings. The van der Waals surface area contributed by atoms with Crippen LogP contribution in [0.3, 0.4) is 0 Å². The van der Waals surface area contributed by atoms with Gasteiger partial charge in [0.2, 0.25) is 11.8 Å². The summed E-state index contributed by atoms with van der Waals surface area (Å²) in [5, 5.41) is 1.12. The van der Waals surface area contributed by atoms with E-state index in [0.717, 1.165) is 26.5 Å². The molecule has 0 unspecified atom stereocenters. The van der Waals surface area contributed by atoms with E-state index in [1.54, 1.807) is 46.7 Å². The number of hydrogen-bond acceptors (Lipinski definition) is 5. The van der Waals surface area contributed by atoms with Gasteiger partial charge in [-0.1, -0.05) is 78.1 Å². The second-order valence-corrected chi connectivity index (χ2v) is 18.1. The molecule has 3 aromatic carbocycles. The molecule has 0 saturated heterocycles. The molecule has 0 fully saturated rings. The molecule has 0 radical (unpaired) electrons. The van der Waals surface area contributed by atoms with Gasteiger partial charge < -0.3 is 9.80 Å². The molecule has 0 heterocycles. The summed E-state index contributed by atoms with van der Waals surface area (Å²) >= 11 is 9.66. The molecule has 4 nitrogen and oxygen atoms in total. The van der Waals surface area contributed by atoms with Crippen molar-refractivity contribution in [3.63, 3.8) is 0 Å². The van der Waals surface area contributed by atoms with Gasteiger partial charge >= 0.3 is 0 Å². The zero-order chi connectivity index (χ0) is 24.7. The predicted octanol–water partition coefficient (Wildman–Crippen LogP) is 6.50. The summed E-state index contributed by atoms with van der Waals surface area (Å²) in [6, 6.07) is 25.8. The number of benzene rings is 3. The van der Waals surface area contributed by atoms with Gasteiger partial charge in [0.25, 0.3) is 0 Å². The van der Waals surface area contributed by atoms with Gasteiger partial charge in [-0.05, 0) is 60.7 Å². The van der Waals surface area contributed by atoms with Gasteiger partial charge in [-0.15, -0.1) is 0 Å². The van der Waals surface area contributed by atoms with Crippen molar-refractivity contribution in [3.05, 3.63) is 104 Å². The third kappa shape index (κ3) is 6.30. The highest BCUT2D eigenvalue weighted by Gasteiger charge is 2.24. The van der Waals surface area contributed by atoms with Crippen molar-refractivity contribution in [2.75, 3.05) is 23.9 Å². The predicted molar refractivity (Wildman–Crippen MR) is 152 cm³/mol. The minimum Gasteiger partial charge on any atom is -0.312 e. The third-order valence-corrected chi connectivity index (χ3v) is 14.6. The minimum absolute atomic E-state index is 0.158. The number of carbonyl (C=O) groups is 2. The molecule has 0 atom stereocenters. The van der Waals surface area contributed by atoms with E-state index in [1.807, 2.05) is 66.7 Å². The fourth-order valence-corrected chi connectivity index (χ4v) is 12.5. The minimum atomic E-state index is -2.17. The summed E-state index contributed by atoms with van der Waals surface area (Å²) in [7, 11) is 3.44. The number of amides is 2. The van der Waals surface area contributed by atoms with Gasteiger partial charge in [0.15, 0.2) is 0 Å². The van der Waals surface area contributed by atoms with E-state index in [0.29, 0.717) is 0 Å². The summed E-state index contributed by atoms with van der Waals surface area (Å²) < 4.78 is -2.17. The largest absolute Gasteiger partial charge is 0.312 e. The summed E-state index contributed by atoms with van der Waals surface area (Å²) in [5.41, 5.74) is 1.59. The lowest BCUT2D eigenvalue weighted by atomic mass is 10.3. The number of likely N-dealkylation sites (N-methyl/N-ethyl adjacent to an activating group) is 2. The van der Waals surface area contributed by atoms with Crippen LogP contribution < -0.4 is 15.1 Å². The summed E-state index contributed by atoms with van der Waals surface area (Å²) in [4.78, 5) is 29.0. The van der Waals surface area contributed by atoms with Gasteiger partial charge in [-0.2, -0.15) is 0 Å². The second-order valence-electron chi connectivity index (χ2n) is 7.21. The lowest BCUT2D eigenvalue weighted by molar-refractivity contribution is -0.114. The number of hydrogen-bond donors (Lipinski definition) is 0. The van der Waals surface area contributed by atoms with Crippen LogP contribution in [0, 0.1) is 0 Å². The fourth-order valence-electron chi connectivity index (χ4n) is 3.00. The molecule has 0 aromatic heterocycles. The quantitative estimate of drug-likeness (QED) is 0.236. The number of carbonyl (C=O) groups excluding carboxylic acids is 2. The molecule has 0 spiro atoms. The lowest BCUT2D eigenvalue weighted by Gasteiger charge is -2.22. The topological polar surface area (TPSA) is 40.6 Å². The van der Waals surface area contributed by atoms with Crippen LogP contribution in [-0.4, -0.2) is 25.9 Å². The van der Waals surface area contributed by atoms with Crippen molar-refractivity contribution < 1.29 is 9.59 Å². The molecule has 2 amide bonds. The number of nitrogens with zero attached hydrogens (tertiary/aromatic N) is 2. The van der Waals surface area contributed by atoms with E-state index in [4.69, 9.17) is 11.8 Å². The van der Waals surface area contributed by atoms with Crippen LogP contribution in [0.15, 0.2) is 114 Å². The molecule has 0 aliphatic carbocycles. The van der Waals surface area contributed by atoms with Crippen molar-refractivity contribution in [1.29, 1.82) is 0 Å². The lowest BCUT2D eigenvalue weighted by Crippen LogP contribution is -2.23. The molecular formula is C26H25N2O2PS3. The van der Waals surface area contributed by atoms with Gasteiger partial charge in [0.1, 0.15) is 0 Å². The maximum Gasteiger partial charge on any atom is 0.250 e. The Morgan fingerprint density at radius 2 is 1.12 bits per heavy atom. The SMILES string of the molecule is C=CC(=O)N(C)c1ccc(SP(=S)(Sc2ccc(N(C)C(=O)C=C)cc2)c2ccccc2)cc1. The van der Waals surface area contributed by atoms with E-state index in [1.165, 1.54) is 12.2 Å². The zero-order valence-corrected chi connectivity index (χ0v) is 22.3. The Hall–Kier alpha value is -2.57. The van der Waals surface area contributed by atoms with Gasteiger partial charge in [0, 0.05) is 40.6 Å². The van der Waals surface area contributed by atoms with E-state index in [-0.39, 0.29) is 11.8 Å². The highest BCUT2D eigenvalue weighted by molar-refractivity contribution is 9.02. The molecule has 0 bridgehead atoms. The first-order chi connectivity index (χ1) is 16.3. The summed E-state index contributed by atoms with van der Waals surface area (Å²) in [6.07, 6.45) is 2.59. The number of rotatable bonds is 9. The monoisotopic (exact) mass is 524 g/mol. The Labute approximate surface area is 214 Å². The first kappa shape index (κ1) is 26.0. The Kier molecular flexibility index (Phi) is 8.97. The van der Waals surface area contributed by atoms with Gasteiger partial charge in [0.05, 0.1) is 4.44 Å². The molecule has 34 heavy (non-hydrogen) atoms. The van der Waals surface area contributed by atoms with Crippen LogP contribution in [0.5, 0.6) is 0 Å². The van der Waals surface area contributed by atoms with Crippen molar-refractivity contribution >= 4 is 67.5 Å². The molecular weight excluding hydrogens is 499 g/mol. The Morgan fingerprint density at radius 3 is 1.47 bits per heavy atom. The van der Waals surface area contributed by atoms with Crippen LogP contribution in [-0.2, 0) is 21.4 Å². The highest BCUT2D eigenvalue weighted by Crippen LogP contribution is 2.72. The average molecular weight is 525 g/mol. The van der Waals surface area contributed by atoms with Crippen molar-refractivity contribution in [2.24, 2.45) is 0 Å². The van der Waals surface area contributed by atoms with Crippen molar-refractivity contribution in [3.8, 4) is 0 Å². The van der Waals surface area contributed by atoms with E-state index >= 15 is 0 Å². The van der Waals surface area contributed by atoms with E-state index < -0.39 is 4.44 Å². The normalized spacial score (nSPS) is 10.9. The number of anilines is 2. The summed E-state index contributed by atoms with van der Waals surface area (Å²) in [6.45, 7) is 7.09. The Morgan fingerprint density at radius 1 is 0.735 bits per heavy atom. The summed E-state index contributed by atoms with van der Waals surface area (Å²) in [5.74, 6) is -0.316. The van der Waals surface area contributed by atoms with Gasteiger partial charge in [-0.3, -0.25) is 9.59 Å². The molecule has 0 N–H and O–H groups in total. The van der Waals surface area contributed by atoms with Crippen LogP contribution in [0.1, 0.15) is 0 Å². The Balaban J connectivity index is 1.87. The first-order valence-corrected chi connectivity index (χ1v) is 16.0. The molecule has 3 aromatic rings. The zero-order valence-electron chi connectivity index (χ0n) is 19.0. The smallest absolute Gasteiger partial charge is 0.250 e. The molecule has 0 aliphatic heterocycles. The molecule has 174 valence electrons. The van der Waals surface area contributed by atoms with Crippen LogP contribution in [0.2, 0.25) is 0 Å². The van der Waals surface area contributed by atoms with Crippen LogP contribution in [0.4, 0.5) is 11.4 Å². The van der Waals surface area contributed by atoms with E-state index in [9.17, 15) is 9.59 Å². The first-order valence-electron chi connectivity index (χ1n) is 10.3. The van der Waals surface area contributed by atoms with Crippen LogP contribution >= 0.6 is 27.2 Å². The van der Waals surface area contributed by atoms with Crippen LogP contribution in [0.25, 0.3) is 0 Å². The molecule has 3 rings (SSSR count). The highest BCUT2D eigenvalue weighted by atomic mass is 33.2. The van der Waals surface area contributed by atoms with Gasteiger partial charge in [-0.25, -0.2) is 0 Å². The van der Waals surface area contributed by atoms with Crippen molar-refractivity contribution in [2.45, 2.75) is 9.79 Å². The van der Waals surface area contributed by atoms with E-state index in [2.05, 4.69) is 25.3 Å². The second kappa shape index (κ2) is 11.7. The average Bonchev–Trinajstić information content (AvgIpc) is 2.88.